The monoisotopic (exact) mass is 220 g/mol. The minimum Gasteiger partial charge on any atom is -0.367 e. The SMILES string of the molecule is NNC(=O)COCc1ccc2nc[nH]c2c1. The van der Waals surface area contributed by atoms with Gasteiger partial charge in [0.05, 0.1) is 24.0 Å². The molecule has 0 unspecified atom stereocenters. The number of fused-ring (bicyclic) bond motifs is 1. The number of nitrogens with one attached hydrogen (secondary N) is 2. The zero-order chi connectivity index (χ0) is 11.4. The van der Waals surface area contributed by atoms with E-state index in [2.05, 4.69) is 9.97 Å². The normalized spacial score (nSPS) is 10.6. The van der Waals surface area contributed by atoms with Gasteiger partial charge >= 0.3 is 0 Å². The molecule has 0 saturated heterocycles. The molecular formula is C10H12N4O2. The Balaban J connectivity index is 1.96. The number of carbonyl (C=O) groups is 1. The summed E-state index contributed by atoms with van der Waals surface area (Å²) in [5.41, 5.74) is 4.82. The second kappa shape index (κ2) is 4.73. The number of nitrogens with two attached hydrogens (primary N) is 1. The van der Waals surface area contributed by atoms with E-state index in [0.29, 0.717) is 6.61 Å². The number of hydrogen-bond acceptors (Lipinski definition) is 4. The molecule has 0 saturated carbocycles. The summed E-state index contributed by atoms with van der Waals surface area (Å²) in [6.45, 7) is 0.319. The Morgan fingerprint density at radius 2 is 2.44 bits per heavy atom. The fourth-order valence-electron chi connectivity index (χ4n) is 1.38. The first-order valence-electron chi connectivity index (χ1n) is 4.79. The number of ether oxygens (including phenoxy) is 1. The van der Waals surface area contributed by atoms with Crippen LogP contribution in [0.5, 0.6) is 0 Å². The van der Waals surface area contributed by atoms with E-state index in [1.807, 2.05) is 23.6 Å². The number of benzene rings is 1. The molecule has 16 heavy (non-hydrogen) atoms. The van der Waals surface area contributed by atoms with Crippen molar-refractivity contribution in [1.82, 2.24) is 15.4 Å². The van der Waals surface area contributed by atoms with Crippen molar-refractivity contribution in [3.63, 3.8) is 0 Å². The van der Waals surface area contributed by atoms with Gasteiger partial charge in [-0.3, -0.25) is 10.2 Å². The Bertz CT molecular complexity index is 494. The summed E-state index contributed by atoms with van der Waals surface area (Å²) in [4.78, 5) is 17.9. The highest BCUT2D eigenvalue weighted by Crippen LogP contribution is 2.12. The molecule has 0 bridgehead atoms. The Labute approximate surface area is 91.8 Å². The predicted molar refractivity (Wildman–Crippen MR) is 58.1 cm³/mol. The average Bonchev–Trinajstić information content (AvgIpc) is 2.76. The predicted octanol–water partition coefficient (Wildman–Crippen LogP) is 0.0694. The molecule has 0 aliphatic rings. The van der Waals surface area contributed by atoms with Crippen LogP contribution in [0.3, 0.4) is 0 Å². The number of aromatic amines is 1. The molecule has 1 amide bonds. The summed E-state index contributed by atoms with van der Waals surface area (Å²) in [6.07, 6.45) is 1.64. The van der Waals surface area contributed by atoms with Crippen molar-refractivity contribution < 1.29 is 9.53 Å². The minimum atomic E-state index is -0.345. The van der Waals surface area contributed by atoms with Gasteiger partial charge in [0.25, 0.3) is 5.91 Å². The summed E-state index contributed by atoms with van der Waals surface area (Å²) >= 11 is 0. The summed E-state index contributed by atoms with van der Waals surface area (Å²) in [5, 5.41) is 0. The highest BCUT2D eigenvalue weighted by atomic mass is 16.5. The molecule has 4 N–H and O–H groups in total. The molecule has 2 rings (SSSR count). The van der Waals surface area contributed by atoms with Gasteiger partial charge in [0.15, 0.2) is 0 Å². The van der Waals surface area contributed by atoms with E-state index in [4.69, 9.17) is 10.6 Å². The first-order chi connectivity index (χ1) is 7.79. The topological polar surface area (TPSA) is 93.0 Å². The lowest BCUT2D eigenvalue weighted by Crippen LogP contribution is -2.33. The number of carbonyl (C=O) groups excluding carboxylic acids is 1. The van der Waals surface area contributed by atoms with Crippen LogP contribution >= 0.6 is 0 Å². The summed E-state index contributed by atoms with van der Waals surface area (Å²) < 4.78 is 5.17. The van der Waals surface area contributed by atoms with Gasteiger partial charge in [-0.2, -0.15) is 0 Å². The van der Waals surface area contributed by atoms with Crippen molar-refractivity contribution in [3.8, 4) is 0 Å². The third-order valence-electron chi connectivity index (χ3n) is 2.15. The third kappa shape index (κ3) is 2.36. The number of hydrazine groups is 1. The van der Waals surface area contributed by atoms with Crippen molar-refractivity contribution in [2.75, 3.05) is 6.61 Å². The van der Waals surface area contributed by atoms with Crippen molar-refractivity contribution in [2.45, 2.75) is 6.61 Å². The molecule has 1 aromatic carbocycles. The van der Waals surface area contributed by atoms with Crippen molar-refractivity contribution in [2.24, 2.45) is 5.84 Å². The lowest BCUT2D eigenvalue weighted by molar-refractivity contribution is -0.126. The molecule has 6 heteroatoms. The van der Waals surface area contributed by atoms with E-state index in [1.54, 1.807) is 6.33 Å². The number of aromatic nitrogens is 2. The highest BCUT2D eigenvalue weighted by molar-refractivity contribution is 5.76. The molecular weight excluding hydrogens is 208 g/mol. The number of amides is 1. The quantitative estimate of drug-likeness (QED) is 0.386. The number of hydrogen-bond donors (Lipinski definition) is 3. The van der Waals surface area contributed by atoms with Crippen LogP contribution in [0.2, 0.25) is 0 Å². The van der Waals surface area contributed by atoms with Crippen LogP contribution in [0.25, 0.3) is 11.0 Å². The maximum absolute atomic E-state index is 10.8. The van der Waals surface area contributed by atoms with Gasteiger partial charge in [-0.1, -0.05) is 6.07 Å². The van der Waals surface area contributed by atoms with E-state index in [1.165, 1.54) is 0 Å². The highest BCUT2D eigenvalue weighted by Gasteiger charge is 2.01. The molecule has 0 atom stereocenters. The van der Waals surface area contributed by atoms with E-state index in [-0.39, 0.29) is 12.5 Å². The Morgan fingerprint density at radius 3 is 3.25 bits per heavy atom. The van der Waals surface area contributed by atoms with Gasteiger partial charge in [0.2, 0.25) is 0 Å². The molecule has 0 aliphatic carbocycles. The van der Waals surface area contributed by atoms with Crippen molar-refractivity contribution >= 4 is 16.9 Å². The Kier molecular flexibility index (Phi) is 3.13. The zero-order valence-electron chi connectivity index (χ0n) is 8.56. The maximum atomic E-state index is 10.8. The van der Waals surface area contributed by atoms with E-state index >= 15 is 0 Å². The molecule has 0 fully saturated rings. The van der Waals surface area contributed by atoms with Gasteiger partial charge in [0, 0.05) is 0 Å². The van der Waals surface area contributed by atoms with Gasteiger partial charge < -0.3 is 9.72 Å². The molecule has 6 nitrogen and oxygen atoms in total. The van der Waals surface area contributed by atoms with Crippen LogP contribution in [-0.4, -0.2) is 22.5 Å². The molecule has 0 aliphatic heterocycles. The van der Waals surface area contributed by atoms with Crippen LogP contribution in [0.4, 0.5) is 0 Å². The van der Waals surface area contributed by atoms with Gasteiger partial charge in [-0.15, -0.1) is 0 Å². The molecule has 84 valence electrons. The van der Waals surface area contributed by atoms with Crippen molar-refractivity contribution in [3.05, 3.63) is 30.1 Å². The summed E-state index contributed by atoms with van der Waals surface area (Å²) in [7, 11) is 0. The largest absolute Gasteiger partial charge is 0.367 e. The number of rotatable bonds is 4. The van der Waals surface area contributed by atoms with Crippen LogP contribution in [0.15, 0.2) is 24.5 Å². The Hall–Kier alpha value is -1.92. The zero-order valence-corrected chi connectivity index (χ0v) is 8.56. The third-order valence-corrected chi connectivity index (χ3v) is 2.15. The number of imidazole rings is 1. The minimum absolute atomic E-state index is 0.0441. The van der Waals surface area contributed by atoms with E-state index in [0.717, 1.165) is 16.6 Å². The van der Waals surface area contributed by atoms with E-state index in [9.17, 15) is 4.79 Å². The van der Waals surface area contributed by atoms with Crippen LogP contribution in [-0.2, 0) is 16.1 Å². The first kappa shape index (κ1) is 10.6. The fraction of sp³-hybridized carbons (Fsp3) is 0.200. The fourth-order valence-corrected chi connectivity index (χ4v) is 1.38. The molecule has 1 heterocycles. The van der Waals surface area contributed by atoms with Crippen LogP contribution in [0, 0.1) is 0 Å². The summed E-state index contributed by atoms with van der Waals surface area (Å²) in [5.74, 6) is 4.57. The molecule has 2 aromatic rings. The standard InChI is InChI=1S/C10H12N4O2/c11-14-10(15)5-16-4-7-1-2-8-9(3-7)13-6-12-8/h1-3,6H,4-5,11H2,(H,12,13)(H,14,15). The van der Waals surface area contributed by atoms with Gasteiger partial charge in [0.1, 0.15) is 6.61 Å². The van der Waals surface area contributed by atoms with Gasteiger partial charge in [-0.25, -0.2) is 10.8 Å². The summed E-state index contributed by atoms with van der Waals surface area (Å²) in [6, 6.07) is 5.74. The van der Waals surface area contributed by atoms with Gasteiger partial charge in [-0.05, 0) is 17.7 Å². The lowest BCUT2D eigenvalue weighted by Gasteiger charge is -2.03. The first-order valence-corrected chi connectivity index (χ1v) is 4.79. The molecule has 1 aromatic heterocycles. The smallest absolute Gasteiger partial charge is 0.259 e. The Morgan fingerprint density at radius 1 is 1.56 bits per heavy atom. The molecule has 0 spiro atoms. The maximum Gasteiger partial charge on any atom is 0.259 e. The number of nitrogens with zero attached hydrogens (tertiary/aromatic N) is 1. The number of H-pyrrole nitrogens is 1. The lowest BCUT2D eigenvalue weighted by atomic mass is 10.2. The van der Waals surface area contributed by atoms with E-state index < -0.39 is 0 Å². The molecule has 0 radical (unpaired) electrons. The van der Waals surface area contributed by atoms with Crippen LogP contribution in [0.1, 0.15) is 5.56 Å². The van der Waals surface area contributed by atoms with Crippen molar-refractivity contribution in [1.29, 1.82) is 0 Å². The average molecular weight is 220 g/mol. The van der Waals surface area contributed by atoms with Crippen LogP contribution < -0.4 is 11.3 Å². The second-order valence-corrected chi connectivity index (χ2v) is 3.31. The second-order valence-electron chi connectivity index (χ2n) is 3.31.